The molecule has 0 aromatic rings. The maximum atomic E-state index is 12.3. The standard InChI is InChI=1S/C12H24N2O5S/c1-3-13(9-10-15)20(17,18)14-7-5-11(6-8-14)12(16)19-4-2/h11,15H,3-10H2,1-2H3. The first-order valence-electron chi connectivity index (χ1n) is 7.00. The van der Waals surface area contributed by atoms with E-state index in [1.807, 2.05) is 0 Å². The number of piperidine rings is 1. The van der Waals surface area contributed by atoms with Crippen molar-refractivity contribution in [1.82, 2.24) is 8.61 Å². The molecule has 1 aliphatic rings. The molecule has 0 aliphatic carbocycles. The van der Waals surface area contributed by atoms with Gasteiger partial charge in [0, 0.05) is 26.2 Å². The van der Waals surface area contributed by atoms with Crippen LogP contribution in [0.2, 0.25) is 0 Å². The van der Waals surface area contributed by atoms with Crippen molar-refractivity contribution in [3.63, 3.8) is 0 Å². The Morgan fingerprint density at radius 2 is 1.95 bits per heavy atom. The minimum atomic E-state index is -3.54. The topological polar surface area (TPSA) is 87.2 Å². The van der Waals surface area contributed by atoms with Crippen LogP contribution in [0, 0.1) is 5.92 Å². The average Bonchev–Trinajstić information content (AvgIpc) is 2.45. The molecular formula is C12H24N2O5S. The Labute approximate surface area is 120 Å². The van der Waals surface area contributed by atoms with E-state index in [0.29, 0.717) is 39.1 Å². The summed E-state index contributed by atoms with van der Waals surface area (Å²) in [5.41, 5.74) is 0. The molecule has 0 atom stereocenters. The summed E-state index contributed by atoms with van der Waals surface area (Å²) in [5, 5.41) is 8.92. The Hall–Kier alpha value is -0.700. The molecular weight excluding hydrogens is 284 g/mol. The van der Waals surface area contributed by atoms with Crippen LogP contribution in [-0.2, 0) is 19.7 Å². The van der Waals surface area contributed by atoms with E-state index < -0.39 is 10.2 Å². The summed E-state index contributed by atoms with van der Waals surface area (Å²) in [7, 11) is -3.54. The summed E-state index contributed by atoms with van der Waals surface area (Å²) in [4.78, 5) is 11.6. The minimum absolute atomic E-state index is 0.0939. The number of nitrogens with zero attached hydrogens (tertiary/aromatic N) is 2. The fourth-order valence-corrected chi connectivity index (χ4v) is 3.93. The van der Waals surface area contributed by atoms with Gasteiger partial charge in [0.2, 0.25) is 0 Å². The number of carbonyl (C=O) groups excluding carboxylic acids is 1. The Morgan fingerprint density at radius 3 is 2.40 bits per heavy atom. The van der Waals surface area contributed by atoms with Gasteiger partial charge in [-0.2, -0.15) is 17.0 Å². The van der Waals surface area contributed by atoms with Crippen LogP contribution < -0.4 is 0 Å². The highest BCUT2D eigenvalue weighted by Crippen LogP contribution is 2.22. The number of ether oxygens (including phenoxy) is 1. The van der Waals surface area contributed by atoms with Gasteiger partial charge in [-0.3, -0.25) is 4.79 Å². The second-order valence-corrected chi connectivity index (χ2v) is 6.58. The Morgan fingerprint density at radius 1 is 1.35 bits per heavy atom. The zero-order valence-corrected chi connectivity index (χ0v) is 12.9. The van der Waals surface area contributed by atoms with Gasteiger partial charge < -0.3 is 9.84 Å². The van der Waals surface area contributed by atoms with Crippen LogP contribution in [0.15, 0.2) is 0 Å². The molecule has 0 amide bonds. The van der Waals surface area contributed by atoms with Crippen LogP contribution in [0.4, 0.5) is 0 Å². The fraction of sp³-hybridized carbons (Fsp3) is 0.917. The molecule has 0 aromatic heterocycles. The maximum Gasteiger partial charge on any atom is 0.309 e. The highest BCUT2D eigenvalue weighted by molar-refractivity contribution is 7.86. The lowest BCUT2D eigenvalue weighted by molar-refractivity contribution is -0.149. The first kappa shape index (κ1) is 17.4. The number of hydrogen-bond donors (Lipinski definition) is 1. The van der Waals surface area contributed by atoms with Gasteiger partial charge in [-0.25, -0.2) is 0 Å². The van der Waals surface area contributed by atoms with Gasteiger partial charge >= 0.3 is 5.97 Å². The molecule has 0 saturated carbocycles. The van der Waals surface area contributed by atoms with E-state index in [0.717, 1.165) is 0 Å². The van der Waals surface area contributed by atoms with Gasteiger partial charge in [0.05, 0.1) is 19.1 Å². The van der Waals surface area contributed by atoms with Crippen molar-refractivity contribution in [3.8, 4) is 0 Å². The van der Waals surface area contributed by atoms with E-state index in [1.54, 1.807) is 13.8 Å². The number of aliphatic hydroxyl groups excluding tert-OH is 1. The Balaban J connectivity index is 2.62. The maximum absolute atomic E-state index is 12.3. The molecule has 8 heteroatoms. The quantitative estimate of drug-likeness (QED) is 0.659. The Bertz CT molecular complexity index is 404. The number of hydrogen-bond acceptors (Lipinski definition) is 5. The van der Waals surface area contributed by atoms with Gasteiger partial charge in [-0.15, -0.1) is 0 Å². The summed E-state index contributed by atoms with van der Waals surface area (Å²) >= 11 is 0. The van der Waals surface area contributed by atoms with E-state index in [2.05, 4.69) is 0 Å². The van der Waals surface area contributed by atoms with Crippen LogP contribution in [0.5, 0.6) is 0 Å². The first-order valence-corrected chi connectivity index (χ1v) is 8.39. The molecule has 0 spiro atoms. The normalized spacial score (nSPS) is 18.4. The molecule has 118 valence electrons. The number of likely N-dealkylation sites (N-methyl/N-ethyl adjacent to an activating group) is 1. The number of aliphatic hydroxyl groups is 1. The molecule has 1 heterocycles. The fourth-order valence-electron chi connectivity index (χ4n) is 2.29. The largest absolute Gasteiger partial charge is 0.466 e. The van der Waals surface area contributed by atoms with Crippen molar-refractivity contribution in [3.05, 3.63) is 0 Å². The molecule has 1 saturated heterocycles. The molecule has 20 heavy (non-hydrogen) atoms. The molecule has 0 bridgehead atoms. The molecule has 7 nitrogen and oxygen atoms in total. The predicted octanol–water partition coefficient (Wildman–Crippen LogP) is -0.179. The van der Waals surface area contributed by atoms with Crippen molar-refractivity contribution in [2.75, 3.05) is 39.4 Å². The number of carbonyl (C=O) groups is 1. The third-order valence-corrected chi connectivity index (χ3v) is 5.54. The summed E-state index contributed by atoms with van der Waals surface area (Å²) in [5.74, 6) is -0.457. The second kappa shape index (κ2) is 7.92. The van der Waals surface area contributed by atoms with Gasteiger partial charge in [0.15, 0.2) is 0 Å². The van der Waals surface area contributed by atoms with E-state index >= 15 is 0 Å². The summed E-state index contributed by atoms with van der Waals surface area (Å²) in [6.45, 7) is 4.67. The van der Waals surface area contributed by atoms with E-state index in [4.69, 9.17) is 9.84 Å². The van der Waals surface area contributed by atoms with Crippen molar-refractivity contribution >= 4 is 16.2 Å². The molecule has 0 unspecified atom stereocenters. The summed E-state index contributed by atoms with van der Waals surface area (Å²) < 4.78 is 32.3. The van der Waals surface area contributed by atoms with Crippen LogP contribution in [0.3, 0.4) is 0 Å². The molecule has 1 aliphatic heterocycles. The van der Waals surface area contributed by atoms with Gasteiger partial charge in [0.1, 0.15) is 0 Å². The van der Waals surface area contributed by atoms with E-state index in [1.165, 1.54) is 8.61 Å². The smallest absolute Gasteiger partial charge is 0.309 e. The highest BCUT2D eigenvalue weighted by Gasteiger charge is 2.34. The number of rotatable bonds is 7. The third kappa shape index (κ3) is 4.15. The lowest BCUT2D eigenvalue weighted by Crippen LogP contribution is -2.48. The lowest BCUT2D eigenvalue weighted by atomic mass is 9.98. The lowest BCUT2D eigenvalue weighted by Gasteiger charge is -2.33. The highest BCUT2D eigenvalue weighted by atomic mass is 32.2. The van der Waals surface area contributed by atoms with E-state index in [-0.39, 0.29) is 25.0 Å². The number of esters is 1. The third-order valence-electron chi connectivity index (χ3n) is 3.43. The van der Waals surface area contributed by atoms with Gasteiger partial charge in [-0.05, 0) is 19.8 Å². The zero-order chi connectivity index (χ0) is 15.2. The molecule has 1 rings (SSSR count). The molecule has 1 N–H and O–H groups in total. The predicted molar refractivity (Wildman–Crippen MR) is 74.2 cm³/mol. The van der Waals surface area contributed by atoms with Crippen LogP contribution in [-0.4, -0.2) is 67.5 Å². The summed E-state index contributed by atoms with van der Waals surface area (Å²) in [6, 6.07) is 0. The van der Waals surface area contributed by atoms with Crippen LogP contribution in [0.1, 0.15) is 26.7 Å². The van der Waals surface area contributed by atoms with Crippen LogP contribution >= 0.6 is 0 Å². The van der Waals surface area contributed by atoms with Gasteiger partial charge in [-0.1, -0.05) is 6.92 Å². The Kier molecular flexibility index (Phi) is 6.87. The van der Waals surface area contributed by atoms with E-state index in [9.17, 15) is 13.2 Å². The first-order chi connectivity index (χ1) is 9.47. The van der Waals surface area contributed by atoms with Crippen molar-refractivity contribution in [2.45, 2.75) is 26.7 Å². The second-order valence-electron chi connectivity index (χ2n) is 4.65. The van der Waals surface area contributed by atoms with Crippen molar-refractivity contribution in [2.24, 2.45) is 5.92 Å². The van der Waals surface area contributed by atoms with Crippen molar-refractivity contribution < 1.29 is 23.1 Å². The van der Waals surface area contributed by atoms with Gasteiger partial charge in [0.25, 0.3) is 10.2 Å². The zero-order valence-electron chi connectivity index (χ0n) is 12.1. The van der Waals surface area contributed by atoms with Crippen LogP contribution in [0.25, 0.3) is 0 Å². The molecule has 0 radical (unpaired) electrons. The summed E-state index contributed by atoms with van der Waals surface area (Å²) in [6.07, 6.45) is 0.962. The average molecular weight is 308 g/mol. The molecule has 1 fully saturated rings. The SMILES string of the molecule is CCOC(=O)C1CCN(S(=O)(=O)N(CC)CCO)CC1. The monoisotopic (exact) mass is 308 g/mol. The molecule has 0 aromatic carbocycles. The van der Waals surface area contributed by atoms with Crippen molar-refractivity contribution in [1.29, 1.82) is 0 Å². The minimum Gasteiger partial charge on any atom is -0.466 e.